The van der Waals surface area contributed by atoms with E-state index in [1.54, 1.807) is 36.7 Å². The maximum atomic E-state index is 13.3. The molecule has 0 bridgehead atoms. The molecular weight excluding hydrogens is 432 g/mol. The molecule has 5 rings (SSSR count). The van der Waals surface area contributed by atoms with Crippen LogP contribution in [0.4, 0.5) is 0 Å². The van der Waals surface area contributed by atoms with Gasteiger partial charge in [-0.3, -0.25) is 24.1 Å². The summed E-state index contributed by atoms with van der Waals surface area (Å²) >= 11 is 0. The third-order valence-corrected chi connectivity index (χ3v) is 6.93. The molecule has 2 aromatic heterocycles. The van der Waals surface area contributed by atoms with E-state index in [4.69, 9.17) is 10.6 Å². The van der Waals surface area contributed by atoms with Crippen LogP contribution in [0.1, 0.15) is 59.8 Å². The van der Waals surface area contributed by atoms with Crippen LogP contribution in [-0.4, -0.2) is 38.2 Å². The van der Waals surface area contributed by atoms with E-state index in [9.17, 15) is 14.9 Å². The largest absolute Gasteiger partial charge is 0.366 e. The van der Waals surface area contributed by atoms with E-state index in [0.29, 0.717) is 35.8 Å². The third kappa shape index (κ3) is 4.24. The monoisotopic (exact) mass is 458 g/mol. The molecule has 34 heavy (non-hydrogen) atoms. The maximum absolute atomic E-state index is 13.3. The Morgan fingerprint density at radius 2 is 1.97 bits per heavy atom. The van der Waals surface area contributed by atoms with Crippen molar-refractivity contribution in [3.05, 3.63) is 59.5 Å². The van der Waals surface area contributed by atoms with Gasteiger partial charge in [0.05, 0.1) is 35.6 Å². The van der Waals surface area contributed by atoms with E-state index >= 15 is 0 Å². The van der Waals surface area contributed by atoms with Gasteiger partial charge in [0.25, 0.3) is 0 Å². The van der Waals surface area contributed by atoms with Crippen LogP contribution in [-0.2, 0) is 16.2 Å². The lowest BCUT2D eigenvalue weighted by Crippen LogP contribution is -2.37. The Bertz CT molecular complexity index is 1270. The van der Waals surface area contributed by atoms with Crippen molar-refractivity contribution in [1.29, 1.82) is 5.26 Å². The number of benzene rings is 1. The summed E-state index contributed by atoms with van der Waals surface area (Å²) in [6.07, 6.45) is 7.46. The van der Waals surface area contributed by atoms with Crippen LogP contribution in [0, 0.1) is 23.2 Å². The van der Waals surface area contributed by atoms with Crippen LogP contribution >= 0.6 is 0 Å². The van der Waals surface area contributed by atoms with Gasteiger partial charge in [0.2, 0.25) is 11.8 Å². The lowest BCUT2D eigenvalue weighted by molar-refractivity contribution is -0.183. The van der Waals surface area contributed by atoms with Crippen molar-refractivity contribution in [2.24, 2.45) is 17.6 Å². The Kier molecular flexibility index (Phi) is 5.99. The SMILES string of the molecule is N#Cc1ccnc([C@@H]2CCON2C(=O)C2CCC(Cn3ncc4ccc(C(N)=O)cc43)CC2)c1. The van der Waals surface area contributed by atoms with Gasteiger partial charge >= 0.3 is 0 Å². The molecule has 1 saturated carbocycles. The molecule has 2 aliphatic rings. The van der Waals surface area contributed by atoms with Crippen molar-refractivity contribution in [2.45, 2.75) is 44.7 Å². The molecule has 3 aromatic rings. The number of carbonyl (C=O) groups excluding carboxylic acids is 2. The van der Waals surface area contributed by atoms with Crippen molar-refractivity contribution in [3.63, 3.8) is 0 Å². The minimum absolute atomic E-state index is 0.000694. The number of primary amides is 1. The van der Waals surface area contributed by atoms with Crippen molar-refractivity contribution >= 4 is 22.7 Å². The highest BCUT2D eigenvalue weighted by atomic mass is 16.7. The highest BCUT2D eigenvalue weighted by Crippen LogP contribution is 2.36. The van der Waals surface area contributed by atoms with E-state index < -0.39 is 5.91 Å². The second-order valence-electron chi connectivity index (χ2n) is 9.07. The Morgan fingerprint density at radius 1 is 1.15 bits per heavy atom. The van der Waals surface area contributed by atoms with E-state index in [1.165, 1.54) is 5.06 Å². The standard InChI is InChI=1S/C25H26N6O3/c26-13-17-7-9-28-21(11-17)22-8-10-34-31(22)25(33)18-3-1-16(2-4-18)15-30-23-12-19(24(27)32)5-6-20(23)14-29-30/h5-7,9,11-12,14,16,18,22H,1-4,8,10,15H2,(H2,27,32)/t16?,18?,22-/m0/s1. The first-order chi connectivity index (χ1) is 16.5. The topological polar surface area (TPSA) is 127 Å². The highest BCUT2D eigenvalue weighted by molar-refractivity contribution is 5.96. The Balaban J connectivity index is 1.22. The smallest absolute Gasteiger partial charge is 0.249 e. The van der Waals surface area contributed by atoms with Gasteiger partial charge in [-0.2, -0.15) is 10.4 Å². The van der Waals surface area contributed by atoms with Gasteiger partial charge in [0.15, 0.2) is 0 Å². The summed E-state index contributed by atoms with van der Waals surface area (Å²) in [6, 6.07) is 10.6. The quantitative estimate of drug-likeness (QED) is 0.626. The number of amides is 2. The minimum Gasteiger partial charge on any atom is -0.366 e. The number of carbonyl (C=O) groups is 2. The molecule has 1 aliphatic heterocycles. The molecule has 1 aliphatic carbocycles. The first-order valence-corrected chi connectivity index (χ1v) is 11.6. The molecule has 1 atom stereocenters. The molecule has 0 radical (unpaired) electrons. The summed E-state index contributed by atoms with van der Waals surface area (Å²) in [7, 11) is 0. The molecule has 1 aromatic carbocycles. The van der Waals surface area contributed by atoms with Crippen molar-refractivity contribution in [2.75, 3.05) is 6.61 Å². The molecule has 0 spiro atoms. The fourth-order valence-electron chi connectivity index (χ4n) is 5.04. The fraction of sp³-hybridized carbons (Fsp3) is 0.400. The number of hydrogen-bond donors (Lipinski definition) is 1. The van der Waals surface area contributed by atoms with E-state index in [2.05, 4.69) is 16.2 Å². The van der Waals surface area contributed by atoms with Crippen molar-refractivity contribution in [3.8, 4) is 6.07 Å². The normalized spacial score (nSPS) is 22.6. The molecule has 2 fully saturated rings. The van der Waals surface area contributed by atoms with Gasteiger partial charge in [0.1, 0.15) is 6.04 Å². The zero-order valence-electron chi connectivity index (χ0n) is 18.8. The summed E-state index contributed by atoms with van der Waals surface area (Å²) in [5.41, 5.74) is 8.02. The lowest BCUT2D eigenvalue weighted by atomic mass is 9.81. The summed E-state index contributed by atoms with van der Waals surface area (Å²) in [5.74, 6) is -0.146. The Morgan fingerprint density at radius 3 is 2.74 bits per heavy atom. The number of nitrogens with zero attached hydrogens (tertiary/aromatic N) is 5. The summed E-state index contributed by atoms with van der Waals surface area (Å²) < 4.78 is 1.93. The number of pyridine rings is 1. The van der Waals surface area contributed by atoms with Gasteiger partial charge in [-0.15, -0.1) is 0 Å². The second-order valence-corrected chi connectivity index (χ2v) is 9.07. The number of hydroxylamine groups is 2. The lowest BCUT2D eigenvalue weighted by Gasteiger charge is -2.31. The van der Waals surface area contributed by atoms with Crippen molar-refractivity contribution < 1.29 is 14.4 Å². The molecule has 9 heteroatoms. The molecule has 2 N–H and O–H groups in total. The van der Waals surface area contributed by atoms with E-state index in [0.717, 1.165) is 43.1 Å². The van der Waals surface area contributed by atoms with E-state index in [-0.39, 0.29) is 17.9 Å². The van der Waals surface area contributed by atoms with Crippen LogP contribution in [0.5, 0.6) is 0 Å². The first-order valence-electron chi connectivity index (χ1n) is 11.6. The van der Waals surface area contributed by atoms with Gasteiger partial charge in [-0.1, -0.05) is 6.07 Å². The maximum Gasteiger partial charge on any atom is 0.249 e. The van der Waals surface area contributed by atoms with Crippen molar-refractivity contribution in [1.82, 2.24) is 19.8 Å². The number of rotatable bonds is 5. The predicted octanol–water partition coefficient (Wildman–Crippen LogP) is 3.11. The molecule has 0 unspecified atom stereocenters. The zero-order chi connectivity index (χ0) is 23.7. The number of aromatic nitrogens is 3. The average molecular weight is 459 g/mol. The third-order valence-electron chi connectivity index (χ3n) is 6.93. The van der Waals surface area contributed by atoms with Crippen LogP contribution in [0.2, 0.25) is 0 Å². The highest BCUT2D eigenvalue weighted by Gasteiger charge is 2.38. The molecule has 9 nitrogen and oxygen atoms in total. The predicted molar refractivity (Wildman–Crippen MR) is 123 cm³/mol. The number of nitriles is 1. The second kappa shape index (κ2) is 9.23. The first kappa shape index (κ1) is 22.0. The van der Waals surface area contributed by atoms with Crippen LogP contribution in [0.25, 0.3) is 10.9 Å². The summed E-state index contributed by atoms with van der Waals surface area (Å²) in [6.45, 7) is 1.20. The summed E-state index contributed by atoms with van der Waals surface area (Å²) in [5, 5.41) is 16.1. The average Bonchev–Trinajstić information content (AvgIpc) is 3.51. The Hall–Kier alpha value is -3.77. The van der Waals surface area contributed by atoms with E-state index in [1.807, 2.05) is 10.7 Å². The van der Waals surface area contributed by atoms with Crippen LogP contribution in [0.3, 0.4) is 0 Å². The molecule has 3 heterocycles. The molecule has 1 saturated heterocycles. The summed E-state index contributed by atoms with van der Waals surface area (Å²) in [4.78, 5) is 34.9. The van der Waals surface area contributed by atoms with Gasteiger partial charge in [-0.05, 0) is 55.9 Å². The molecular formula is C25H26N6O3. The molecule has 174 valence electrons. The van der Waals surface area contributed by atoms with Crippen LogP contribution < -0.4 is 5.73 Å². The number of hydrogen-bond acceptors (Lipinski definition) is 6. The zero-order valence-corrected chi connectivity index (χ0v) is 18.8. The number of fused-ring (bicyclic) bond motifs is 1. The number of nitrogens with two attached hydrogens (primary N) is 1. The Labute approximate surface area is 197 Å². The van der Waals surface area contributed by atoms with Crippen LogP contribution in [0.15, 0.2) is 42.7 Å². The molecule has 2 amide bonds. The van der Waals surface area contributed by atoms with Gasteiger partial charge in [-0.25, -0.2) is 5.06 Å². The van der Waals surface area contributed by atoms with Gasteiger partial charge in [0, 0.05) is 36.0 Å². The van der Waals surface area contributed by atoms with Gasteiger partial charge < -0.3 is 5.73 Å². The fourth-order valence-corrected chi connectivity index (χ4v) is 5.04. The minimum atomic E-state index is -0.453.